The summed E-state index contributed by atoms with van der Waals surface area (Å²) in [6, 6.07) is 0. The van der Waals surface area contributed by atoms with Crippen LogP contribution in [0.4, 0.5) is 5.13 Å². The molecule has 0 spiro atoms. The van der Waals surface area contributed by atoms with Crippen molar-refractivity contribution >= 4 is 22.4 Å². The first-order valence-electron chi connectivity index (χ1n) is 7.04. The van der Waals surface area contributed by atoms with Crippen molar-refractivity contribution in [1.82, 2.24) is 10.3 Å². The van der Waals surface area contributed by atoms with Gasteiger partial charge in [0.1, 0.15) is 4.88 Å². The van der Waals surface area contributed by atoms with Gasteiger partial charge in [0, 0.05) is 18.5 Å². The van der Waals surface area contributed by atoms with Crippen molar-refractivity contribution in [3.63, 3.8) is 0 Å². The minimum atomic E-state index is -0.468. The lowest BCUT2D eigenvalue weighted by molar-refractivity contribution is 0.0138. The Morgan fingerprint density at radius 2 is 2.24 bits per heavy atom. The maximum absolute atomic E-state index is 12.1. The molecule has 0 radical (unpaired) electrons. The Morgan fingerprint density at radius 3 is 2.81 bits per heavy atom. The van der Waals surface area contributed by atoms with Gasteiger partial charge in [-0.25, -0.2) is 4.98 Å². The van der Waals surface area contributed by atoms with Crippen molar-refractivity contribution in [3.05, 3.63) is 23.7 Å². The fraction of sp³-hybridized carbons (Fsp3) is 0.600. The molecule has 1 aromatic rings. The molecule has 0 saturated heterocycles. The van der Waals surface area contributed by atoms with E-state index in [2.05, 4.69) is 22.2 Å². The molecular weight excluding hydrogens is 286 g/mol. The van der Waals surface area contributed by atoms with Crippen molar-refractivity contribution in [2.24, 2.45) is 11.3 Å². The Hall–Kier alpha value is -1.40. The second-order valence-corrected chi connectivity index (χ2v) is 7.09. The number of aromatic nitrogens is 1. The summed E-state index contributed by atoms with van der Waals surface area (Å²) < 4.78 is 0. The summed E-state index contributed by atoms with van der Waals surface area (Å²) in [6.45, 7) is 12.5. The molecule has 0 saturated carbocycles. The number of hydrogen-bond acceptors (Lipinski definition) is 5. The average molecular weight is 311 g/mol. The van der Waals surface area contributed by atoms with Crippen molar-refractivity contribution in [2.45, 2.75) is 33.8 Å². The monoisotopic (exact) mass is 311 g/mol. The number of rotatable bonds is 8. The molecule has 1 unspecified atom stereocenters. The highest BCUT2D eigenvalue weighted by atomic mass is 32.1. The van der Waals surface area contributed by atoms with E-state index in [0.29, 0.717) is 23.1 Å². The van der Waals surface area contributed by atoms with Gasteiger partial charge in [-0.3, -0.25) is 4.79 Å². The molecule has 0 aliphatic rings. The van der Waals surface area contributed by atoms with E-state index in [9.17, 15) is 9.90 Å². The number of nitrogens with zero attached hydrogens (tertiary/aromatic N) is 1. The van der Waals surface area contributed by atoms with Crippen LogP contribution in [0.1, 0.15) is 37.4 Å². The van der Waals surface area contributed by atoms with Gasteiger partial charge in [0.15, 0.2) is 5.13 Å². The van der Waals surface area contributed by atoms with Crippen LogP contribution in [0, 0.1) is 11.3 Å². The molecule has 118 valence electrons. The van der Waals surface area contributed by atoms with Gasteiger partial charge >= 0.3 is 0 Å². The number of carbonyl (C=O) groups is 1. The molecule has 1 atom stereocenters. The van der Waals surface area contributed by atoms with Crippen molar-refractivity contribution in [3.8, 4) is 0 Å². The zero-order valence-electron chi connectivity index (χ0n) is 13.1. The molecule has 1 heterocycles. The Morgan fingerprint density at radius 1 is 1.57 bits per heavy atom. The van der Waals surface area contributed by atoms with Crippen LogP contribution in [-0.2, 0) is 0 Å². The van der Waals surface area contributed by atoms with E-state index in [0.717, 1.165) is 0 Å². The highest BCUT2D eigenvalue weighted by molar-refractivity contribution is 7.17. The van der Waals surface area contributed by atoms with Gasteiger partial charge in [0.05, 0.1) is 12.3 Å². The standard InChI is InChI=1S/C15H25N3O2S/c1-6-7-16-14-17-8-11(21-14)13(20)18-9-15(4,5)12(19)10(2)3/h6,8,10,12,19H,1,7,9H2,2-5H3,(H,16,17)(H,18,20). The molecule has 1 aromatic heterocycles. The number of aliphatic hydroxyl groups excluding tert-OH is 1. The fourth-order valence-corrected chi connectivity index (χ4v) is 2.76. The highest BCUT2D eigenvalue weighted by Crippen LogP contribution is 2.25. The topological polar surface area (TPSA) is 74.2 Å². The smallest absolute Gasteiger partial charge is 0.263 e. The molecular formula is C15H25N3O2S. The predicted molar refractivity (Wildman–Crippen MR) is 87.8 cm³/mol. The van der Waals surface area contributed by atoms with Crippen LogP contribution in [0.25, 0.3) is 0 Å². The maximum atomic E-state index is 12.1. The van der Waals surface area contributed by atoms with Crippen LogP contribution >= 0.6 is 11.3 Å². The summed E-state index contributed by atoms with van der Waals surface area (Å²) in [6.07, 6.45) is 2.82. The van der Waals surface area contributed by atoms with Gasteiger partial charge in [-0.15, -0.1) is 6.58 Å². The third kappa shape index (κ3) is 5.13. The minimum Gasteiger partial charge on any atom is -0.392 e. The van der Waals surface area contributed by atoms with Crippen molar-refractivity contribution in [1.29, 1.82) is 0 Å². The van der Waals surface area contributed by atoms with E-state index in [1.54, 1.807) is 12.3 Å². The van der Waals surface area contributed by atoms with E-state index < -0.39 is 6.10 Å². The molecule has 0 aromatic carbocycles. The second kappa shape index (κ2) is 7.56. The summed E-state index contributed by atoms with van der Waals surface area (Å²) in [7, 11) is 0. The molecule has 5 nitrogen and oxygen atoms in total. The van der Waals surface area contributed by atoms with E-state index in [1.165, 1.54) is 11.3 Å². The Kier molecular flexibility index (Phi) is 6.36. The summed E-state index contributed by atoms with van der Waals surface area (Å²) in [5, 5.41) is 16.8. The first-order valence-corrected chi connectivity index (χ1v) is 7.86. The number of aliphatic hydroxyl groups is 1. The Bertz CT molecular complexity index is 483. The first-order chi connectivity index (χ1) is 9.77. The SMILES string of the molecule is C=CCNc1ncc(C(=O)NCC(C)(C)C(O)C(C)C)s1. The largest absolute Gasteiger partial charge is 0.392 e. The minimum absolute atomic E-state index is 0.148. The van der Waals surface area contributed by atoms with E-state index in [-0.39, 0.29) is 17.2 Å². The number of amides is 1. The Labute approximate surface area is 130 Å². The summed E-state index contributed by atoms with van der Waals surface area (Å²) in [4.78, 5) is 16.8. The van der Waals surface area contributed by atoms with Crippen LogP contribution in [0.15, 0.2) is 18.9 Å². The summed E-state index contributed by atoms with van der Waals surface area (Å²) in [5.74, 6) is -0.0156. The van der Waals surface area contributed by atoms with Gasteiger partial charge in [-0.2, -0.15) is 0 Å². The molecule has 3 N–H and O–H groups in total. The lowest BCUT2D eigenvalue weighted by Gasteiger charge is -2.33. The maximum Gasteiger partial charge on any atom is 0.263 e. The zero-order chi connectivity index (χ0) is 16.0. The van der Waals surface area contributed by atoms with Gasteiger partial charge in [-0.05, 0) is 5.92 Å². The number of nitrogens with one attached hydrogen (secondary N) is 2. The van der Waals surface area contributed by atoms with E-state index in [1.807, 2.05) is 27.7 Å². The lowest BCUT2D eigenvalue weighted by atomic mass is 9.81. The molecule has 0 aliphatic carbocycles. The molecule has 0 fully saturated rings. The Balaban J connectivity index is 2.57. The summed E-state index contributed by atoms with van der Waals surface area (Å²) in [5.41, 5.74) is -0.377. The molecule has 1 amide bonds. The third-order valence-corrected chi connectivity index (χ3v) is 4.22. The third-order valence-electron chi connectivity index (χ3n) is 3.26. The highest BCUT2D eigenvalue weighted by Gasteiger charge is 2.30. The van der Waals surface area contributed by atoms with Crippen LogP contribution < -0.4 is 10.6 Å². The van der Waals surface area contributed by atoms with Gasteiger partial charge in [-0.1, -0.05) is 45.1 Å². The lowest BCUT2D eigenvalue weighted by Crippen LogP contribution is -2.43. The van der Waals surface area contributed by atoms with E-state index in [4.69, 9.17) is 0 Å². The van der Waals surface area contributed by atoms with Crippen LogP contribution in [0.3, 0.4) is 0 Å². The van der Waals surface area contributed by atoms with Crippen molar-refractivity contribution < 1.29 is 9.90 Å². The molecule has 0 bridgehead atoms. The van der Waals surface area contributed by atoms with Crippen LogP contribution in [0.5, 0.6) is 0 Å². The summed E-state index contributed by atoms with van der Waals surface area (Å²) >= 11 is 1.30. The number of anilines is 1. The average Bonchev–Trinajstić information content (AvgIpc) is 2.90. The number of thiazole rings is 1. The molecule has 0 aliphatic heterocycles. The van der Waals surface area contributed by atoms with Crippen LogP contribution in [-0.4, -0.2) is 35.2 Å². The number of hydrogen-bond donors (Lipinski definition) is 3. The predicted octanol–water partition coefficient (Wildman–Crippen LogP) is 2.51. The quantitative estimate of drug-likeness (QED) is 0.645. The van der Waals surface area contributed by atoms with Gasteiger partial charge < -0.3 is 15.7 Å². The molecule has 1 rings (SSSR count). The van der Waals surface area contributed by atoms with Gasteiger partial charge in [0.2, 0.25) is 0 Å². The van der Waals surface area contributed by atoms with E-state index >= 15 is 0 Å². The second-order valence-electron chi connectivity index (χ2n) is 6.06. The zero-order valence-corrected chi connectivity index (χ0v) is 14.0. The number of carbonyl (C=O) groups excluding carboxylic acids is 1. The first kappa shape index (κ1) is 17.7. The molecule has 6 heteroatoms. The van der Waals surface area contributed by atoms with Gasteiger partial charge in [0.25, 0.3) is 5.91 Å². The fourth-order valence-electron chi connectivity index (χ4n) is 2.02. The molecule has 21 heavy (non-hydrogen) atoms. The van der Waals surface area contributed by atoms with Crippen LogP contribution in [0.2, 0.25) is 0 Å². The normalized spacial score (nSPS) is 13.0. The van der Waals surface area contributed by atoms with Crippen molar-refractivity contribution in [2.75, 3.05) is 18.4 Å².